The Balaban J connectivity index is 1.32. The summed E-state index contributed by atoms with van der Waals surface area (Å²) >= 11 is 0. The first-order valence-corrected chi connectivity index (χ1v) is 21.5. The molecule has 0 spiro atoms. The topological polar surface area (TPSA) is 36.9 Å². The molecular weight excluding hydrogens is 625 g/mol. The molecule has 0 amide bonds. The van der Waals surface area contributed by atoms with E-state index in [0.29, 0.717) is 13.2 Å². The highest BCUT2D eigenvalue weighted by Gasteiger charge is 2.51. The summed E-state index contributed by atoms with van der Waals surface area (Å²) in [5.41, 5.74) is 0. The fourth-order valence-electron chi connectivity index (χ4n) is 7.78. The lowest BCUT2D eigenvalue weighted by atomic mass is 10.0. The zero-order valence-corrected chi connectivity index (χ0v) is 32.4. The summed E-state index contributed by atoms with van der Waals surface area (Å²) in [7, 11) is -5.23. The van der Waals surface area contributed by atoms with Gasteiger partial charge in [0.05, 0.1) is 12.2 Å². The smallest absolute Gasteiger partial charge is 0.261 e. The van der Waals surface area contributed by atoms with Crippen LogP contribution in [0.3, 0.4) is 0 Å². The molecule has 0 unspecified atom stereocenters. The van der Waals surface area contributed by atoms with E-state index in [4.69, 9.17) is 18.3 Å². The average Bonchev–Trinajstić information content (AvgIpc) is 3.05. The number of rotatable bonds is 12. The normalized spacial score (nSPS) is 18.8. The molecule has 0 aliphatic carbocycles. The highest BCUT2D eigenvalue weighted by molar-refractivity contribution is 7.00. The lowest BCUT2D eigenvalue weighted by Gasteiger charge is -2.45. The molecule has 0 bridgehead atoms. The van der Waals surface area contributed by atoms with Gasteiger partial charge in [-0.25, -0.2) is 0 Å². The van der Waals surface area contributed by atoms with Gasteiger partial charge < -0.3 is 18.3 Å². The van der Waals surface area contributed by atoms with E-state index >= 15 is 0 Å². The fourth-order valence-corrected chi connectivity index (χ4v) is 16.9. The van der Waals surface area contributed by atoms with E-state index in [0.717, 1.165) is 19.3 Å². The second-order valence-corrected chi connectivity index (χ2v) is 24.3. The Bertz CT molecular complexity index is 1350. The zero-order valence-electron chi connectivity index (χ0n) is 30.4. The maximum absolute atomic E-state index is 7.23. The van der Waals surface area contributed by atoms with Gasteiger partial charge in [0, 0.05) is 19.6 Å². The van der Waals surface area contributed by atoms with Crippen molar-refractivity contribution in [3.05, 3.63) is 121 Å². The molecule has 0 N–H and O–H groups in total. The van der Waals surface area contributed by atoms with Gasteiger partial charge in [0.2, 0.25) is 0 Å². The highest BCUT2D eigenvalue weighted by Crippen LogP contribution is 2.39. The second-order valence-electron chi connectivity index (χ2n) is 15.7. The molecule has 1 fully saturated rings. The summed E-state index contributed by atoms with van der Waals surface area (Å²) < 4.78 is 27.5. The summed E-state index contributed by atoms with van der Waals surface area (Å²) in [6, 6.07) is 43.5. The van der Waals surface area contributed by atoms with Gasteiger partial charge in [-0.3, -0.25) is 0 Å². The average molecular weight is 681 g/mol. The third-order valence-corrected chi connectivity index (χ3v) is 19.9. The Labute approximate surface area is 292 Å². The van der Waals surface area contributed by atoms with Gasteiger partial charge in [-0.1, -0.05) is 163 Å². The van der Waals surface area contributed by atoms with Crippen LogP contribution in [0.4, 0.5) is 0 Å². The van der Waals surface area contributed by atoms with E-state index in [9.17, 15) is 0 Å². The van der Waals surface area contributed by atoms with Crippen molar-refractivity contribution in [2.75, 3.05) is 13.2 Å². The minimum atomic E-state index is -2.61. The van der Waals surface area contributed by atoms with Gasteiger partial charge in [-0.15, -0.1) is 0 Å². The number of benzene rings is 4. The summed E-state index contributed by atoms with van der Waals surface area (Å²) in [5.74, 6) is -0.678. The summed E-state index contributed by atoms with van der Waals surface area (Å²) in [4.78, 5) is 0. The summed E-state index contributed by atoms with van der Waals surface area (Å²) in [6.45, 7) is 19.3. The molecule has 5 rings (SSSR count). The second kappa shape index (κ2) is 15.0. The SMILES string of the molecule is CC1(C)O[C@H](CCO[Si](c2ccccc2)(c2ccccc2)C(C)(C)C)C[C@H](CCO[Si](c2ccccc2)(c2ccccc2)C(C)(C)C)O1. The Morgan fingerprint density at radius 2 is 0.792 bits per heavy atom. The van der Waals surface area contributed by atoms with Crippen molar-refractivity contribution < 1.29 is 18.3 Å². The van der Waals surface area contributed by atoms with Crippen molar-refractivity contribution in [2.24, 2.45) is 0 Å². The van der Waals surface area contributed by atoms with Crippen molar-refractivity contribution in [2.45, 2.75) is 103 Å². The molecule has 1 heterocycles. The fraction of sp³-hybridized carbons (Fsp3) is 0.429. The molecule has 1 saturated heterocycles. The molecule has 0 radical (unpaired) electrons. The molecule has 4 aromatic rings. The molecule has 1 aliphatic rings. The van der Waals surface area contributed by atoms with Crippen LogP contribution in [0.25, 0.3) is 0 Å². The third-order valence-electron chi connectivity index (χ3n) is 9.78. The number of hydrogen-bond acceptors (Lipinski definition) is 4. The first kappa shape index (κ1) is 36.4. The molecule has 6 heteroatoms. The van der Waals surface area contributed by atoms with Crippen LogP contribution < -0.4 is 20.7 Å². The Hall–Kier alpha value is -2.85. The molecule has 1 aliphatic heterocycles. The molecule has 0 saturated carbocycles. The zero-order chi connectivity index (χ0) is 34.5. The largest absolute Gasteiger partial charge is 0.407 e. The van der Waals surface area contributed by atoms with Crippen molar-refractivity contribution in [3.63, 3.8) is 0 Å². The van der Waals surface area contributed by atoms with Crippen molar-refractivity contribution in [1.82, 2.24) is 0 Å². The van der Waals surface area contributed by atoms with E-state index < -0.39 is 22.4 Å². The Morgan fingerprint density at radius 1 is 0.521 bits per heavy atom. The quantitative estimate of drug-likeness (QED) is 0.143. The summed E-state index contributed by atoms with van der Waals surface area (Å²) in [6.07, 6.45) is 2.50. The first-order chi connectivity index (χ1) is 22.8. The monoisotopic (exact) mass is 680 g/mol. The van der Waals surface area contributed by atoms with Crippen LogP contribution in [0.5, 0.6) is 0 Å². The predicted octanol–water partition coefficient (Wildman–Crippen LogP) is 7.83. The van der Waals surface area contributed by atoms with Crippen LogP contribution in [0.1, 0.15) is 74.7 Å². The third kappa shape index (κ3) is 7.80. The molecule has 0 aromatic heterocycles. The lowest BCUT2D eigenvalue weighted by molar-refractivity contribution is -0.302. The Kier molecular flexibility index (Phi) is 11.4. The number of ether oxygens (including phenoxy) is 2. The molecule has 2 atom stereocenters. The minimum absolute atomic E-state index is 0.0322. The van der Waals surface area contributed by atoms with Crippen LogP contribution in [-0.2, 0) is 18.3 Å². The van der Waals surface area contributed by atoms with Gasteiger partial charge in [-0.05, 0) is 57.5 Å². The van der Waals surface area contributed by atoms with Crippen molar-refractivity contribution >= 4 is 37.4 Å². The maximum Gasteiger partial charge on any atom is 0.261 e. The highest BCUT2D eigenvalue weighted by atomic mass is 28.4. The van der Waals surface area contributed by atoms with Crippen molar-refractivity contribution in [1.29, 1.82) is 0 Å². The molecular formula is C42H56O4Si2. The van der Waals surface area contributed by atoms with E-state index in [1.54, 1.807) is 0 Å². The maximum atomic E-state index is 7.23. The van der Waals surface area contributed by atoms with Gasteiger partial charge >= 0.3 is 0 Å². The van der Waals surface area contributed by atoms with E-state index in [-0.39, 0.29) is 22.3 Å². The van der Waals surface area contributed by atoms with Gasteiger partial charge in [-0.2, -0.15) is 0 Å². The molecule has 4 aromatic carbocycles. The first-order valence-electron chi connectivity index (χ1n) is 17.6. The van der Waals surface area contributed by atoms with Gasteiger partial charge in [0.15, 0.2) is 5.79 Å². The van der Waals surface area contributed by atoms with E-state index in [2.05, 4.69) is 163 Å². The van der Waals surface area contributed by atoms with Crippen LogP contribution in [0, 0.1) is 0 Å². The van der Waals surface area contributed by atoms with Crippen LogP contribution in [0.2, 0.25) is 10.1 Å². The minimum Gasteiger partial charge on any atom is -0.407 e. The van der Waals surface area contributed by atoms with Gasteiger partial charge in [0.25, 0.3) is 16.6 Å². The van der Waals surface area contributed by atoms with Crippen LogP contribution in [0.15, 0.2) is 121 Å². The van der Waals surface area contributed by atoms with Gasteiger partial charge in [0.1, 0.15) is 0 Å². The lowest BCUT2D eigenvalue weighted by Crippen LogP contribution is -2.66. The standard InChI is InChI=1S/C42H56O4Si2/c1-40(2,3)47(36-21-13-9-14-22-36,37-23-15-10-16-24-37)43-31-29-34-33-35(46-42(7,8)45-34)30-32-44-48(41(4,5)6,38-25-17-11-18-26-38)39-27-19-12-20-28-39/h9-28,34-35H,29-33H2,1-8H3/t34-,35+. The van der Waals surface area contributed by atoms with E-state index in [1.165, 1.54) is 20.7 Å². The molecule has 48 heavy (non-hydrogen) atoms. The number of hydrogen-bond donors (Lipinski definition) is 0. The Morgan fingerprint density at radius 3 is 1.04 bits per heavy atom. The van der Waals surface area contributed by atoms with E-state index in [1.807, 2.05) is 13.8 Å². The summed E-state index contributed by atoms with van der Waals surface area (Å²) in [5, 5.41) is 5.08. The van der Waals surface area contributed by atoms with Crippen LogP contribution >= 0.6 is 0 Å². The van der Waals surface area contributed by atoms with Crippen molar-refractivity contribution in [3.8, 4) is 0 Å². The molecule has 256 valence electrons. The predicted molar refractivity (Wildman–Crippen MR) is 205 cm³/mol. The molecule has 4 nitrogen and oxygen atoms in total. The van der Waals surface area contributed by atoms with Crippen LogP contribution in [-0.4, -0.2) is 47.8 Å².